The van der Waals surface area contributed by atoms with Crippen molar-refractivity contribution in [2.45, 2.75) is 0 Å². The van der Waals surface area contributed by atoms with Crippen molar-refractivity contribution in [2.75, 3.05) is 28.2 Å². The lowest BCUT2D eigenvalue weighted by atomic mass is 10.6. The Bertz CT molecular complexity index is 351. The molecule has 0 fully saturated rings. The number of carbonyl (C=O) groups is 2. The van der Waals surface area contributed by atoms with E-state index in [1.54, 1.807) is 37.7 Å². The van der Waals surface area contributed by atoms with Gasteiger partial charge in [-0.1, -0.05) is 0 Å². The van der Waals surface area contributed by atoms with Crippen LogP contribution in [0, 0.1) is 0 Å². The van der Waals surface area contributed by atoms with E-state index in [0.29, 0.717) is 11.1 Å². The lowest BCUT2D eigenvalue weighted by Crippen LogP contribution is -2.37. The third-order valence-electron chi connectivity index (χ3n) is 1.72. The number of imide groups is 1. The van der Waals surface area contributed by atoms with Gasteiger partial charge in [0, 0.05) is 12.2 Å². The van der Waals surface area contributed by atoms with Crippen molar-refractivity contribution in [1.82, 2.24) is 9.96 Å². The first kappa shape index (κ1) is 12.2. The van der Waals surface area contributed by atoms with Crippen molar-refractivity contribution in [2.24, 2.45) is 0 Å². The fraction of sp³-hybridized carbons (Fsp3) is 0.444. The number of amidine groups is 1. The number of hydrogen-bond acceptors (Lipinski definition) is 4. The van der Waals surface area contributed by atoms with Gasteiger partial charge in [-0.3, -0.25) is 9.59 Å². The summed E-state index contributed by atoms with van der Waals surface area (Å²) in [6.45, 7) is 0. The van der Waals surface area contributed by atoms with E-state index in [1.165, 1.54) is 0 Å². The predicted octanol–water partition coefficient (Wildman–Crippen LogP) is -1.04. The maximum absolute atomic E-state index is 11.1. The molecule has 7 nitrogen and oxygen atoms in total. The molecule has 0 N–H and O–H groups in total. The van der Waals surface area contributed by atoms with Crippen molar-refractivity contribution in [3.05, 3.63) is 12.2 Å². The molecule has 1 aliphatic heterocycles. The van der Waals surface area contributed by atoms with Crippen LogP contribution in [0.25, 0.3) is 0 Å². The summed E-state index contributed by atoms with van der Waals surface area (Å²) in [5.74, 6) is -1.14. The summed E-state index contributed by atoms with van der Waals surface area (Å²) in [5.41, 5.74) is 0. The van der Waals surface area contributed by atoms with Crippen LogP contribution in [0.4, 0.5) is 0 Å². The smallest absolute Gasteiger partial charge is 0.267 e. The Balaban J connectivity index is 2.61. The Hall–Kier alpha value is -1.89. The van der Waals surface area contributed by atoms with Crippen LogP contribution < -0.4 is 0 Å². The Kier molecular flexibility index (Phi) is 3.62. The quantitative estimate of drug-likeness (QED) is 0.151. The normalized spacial score (nSPS) is 14.4. The number of hydrogen-bond donors (Lipinski definition) is 0. The summed E-state index contributed by atoms with van der Waals surface area (Å²) in [7, 11) is 6.96. The second-order valence-corrected chi connectivity index (χ2v) is 3.53. The van der Waals surface area contributed by atoms with Crippen LogP contribution in [0.3, 0.4) is 0 Å². The van der Waals surface area contributed by atoms with E-state index in [2.05, 4.69) is 4.99 Å². The Morgan fingerprint density at radius 1 is 1.25 bits per heavy atom. The van der Waals surface area contributed by atoms with Gasteiger partial charge in [-0.2, -0.15) is 0 Å². The van der Waals surface area contributed by atoms with Gasteiger partial charge >= 0.3 is 6.02 Å². The second-order valence-electron chi connectivity index (χ2n) is 3.53. The second kappa shape index (κ2) is 4.75. The lowest BCUT2D eigenvalue weighted by molar-refractivity contribution is -0.502. The van der Waals surface area contributed by atoms with Crippen molar-refractivity contribution < 1.29 is 24.0 Å². The van der Waals surface area contributed by atoms with Gasteiger partial charge in [0.15, 0.2) is 0 Å². The number of amides is 2. The molecule has 16 heavy (non-hydrogen) atoms. The van der Waals surface area contributed by atoms with E-state index in [9.17, 15) is 9.59 Å². The zero-order chi connectivity index (χ0) is 12.3. The van der Waals surface area contributed by atoms with Gasteiger partial charge in [-0.25, -0.2) is 14.4 Å². The van der Waals surface area contributed by atoms with Crippen molar-refractivity contribution in [1.29, 1.82) is 0 Å². The molecule has 0 radical (unpaired) electrons. The van der Waals surface area contributed by atoms with E-state index in [-0.39, 0.29) is 0 Å². The predicted molar refractivity (Wildman–Crippen MR) is 54.0 cm³/mol. The molecule has 2 amide bonds. The van der Waals surface area contributed by atoms with Gasteiger partial charge < -0.3 is 0 Å². The largest absolute Gasteiger partial charge is 0.479 e. The third kappa shape index (κ3) is 2.57. The molecule has 0 atom stereocenters. The first-order valence-electron chi connectivity index (χ1n) is 4.56. The SMILES string of the molecule is CN(C)C(OON1C(=O)C=CC1=O)=[N+](C)C. The summed E-state index contributed by atoms with van der Waals surface area (Å²) in [6, 6.07) is 0.354. The van der Waals surface area contributed by atoms with Gasteiger partial charge in [-0.05, 0) is 4.99 Å². The molecule has 1 heterocycles. The molecule has 0 bridgehead atoms. The first-order valence-corrected chi connectivity index (χ1v) is 4.56. The van der Waals surface area contributed by atoms with Crippen molar-refractivity contribution in [3.63, 3.8) is 0 Å². The summed E-state index contributed by atoms with van der Waals surface area (Å²) in [4.78, 5) is 33.4. The van der Waals surface area contributed by atoms with Crippen molar-refractivity contribution in [3.8, 4) is 0 Å². The standard InChI is InChI=1S/C9H14N3O4/c1-10(2)9(11(3)4)15-16-12-7(13)5-6-8(12)14/h5-6H,1-4H3/q+1. The molecule has 0 unspecified atom stereocenters. The van der Waals surface area contributed by atoms with Crippen LogP contribution in [0.15, 0.2) is 12.2 Å². The van der Waals surface area contributed by atoms with Gasteiger partial charge in [-0.15, -0.1) is 5.06 Å². The van der Waals surface area contributed by atoms with Crippen LogP contribution in [0.1, 0.15) is 0 Å². The third-order valence-corrected chi connectivity index (χ3v) is 1.72. The summed E-state index contributed by atoms with van der Waals surface area (Å²) in [5, 5.41) is 0.535. The minimum atomic E-state index is -0.568. The van der Waals surface area contributed by atoms with E-state index in [0.717, 1.165) is 12.2 Å². The number of rotatable bonds is 2. The van der Waals surface area contributed by atoms with Gasteiger partial charge in [0.2, 0.25) is 0 Å². The van der Waals surface area contributed by atoms with Gasteiger partial charge in [0.1, 0.15) is 0 Å². The maximum Gasteiger partial charge on any atom is 0.479 e. The fourth-order valence-corrected chi connectivity index (χ4v) is 1.08. The molecule has 0 spiro atoms. The minimum Gasteiger partial charge on any atom is -0.267 e. The van der Waals surface area contributed by atoms with Crippen molar-refractivity contribution >= 4 is 17.8 Å². The van der Waals surface area contributed by atoms with Crippen LogP contribution in [-0.2, 0) is 19.5 Å². The Morgan fingerprint density at radius 2 is 1.75 bits per heavy atom. The number of carbonyl (C=O) groups excluding carboxylic acids is 2. The van der Waals surface area contributed by atoms with E-state index < -0.39 is 11.8 Å². The number of hydroxylamine groups is 2. The summed E-state index contributed by atoms with van der Waals surface area (Å²) >= 11 is 0. The van der Waals surface area contributed by atoms with Gasteiger partial charge in [0.05, 0.1) is 28.2 Å². The lowest BCUT2D eigenvalue weighted by Gasteiger charge is -2.13. The topological polar surface area (TPSA) is 62.1 Å². The minimum absolute atomic E-state index is 0.354. The fourth-order valence-electron chi connectivity index (χ4n) is 1.08. The van der Waals surface area contributed by atoms with Crippen LogP contribution in [0.5, 0.6) is 0 Å². The highest BCUT2D eigenvalue weighted by Crippen LogP contribution is 2.05. The highest BCUT2D eigenvalue weighted by molar-refractivity contribution is 6.11. The van der Waals surface area contributed by atoms with Crippen LogP contribution >= 0.6 is 0 Å². The highest BCUT2D eigenvalue weighted by atomic mass is 17.3. The van der Waals surface area contributed by atoms with Crippen LogP contribution in [-0.4, -0.2) is 60.6 Å². The van der Waals surface area contributed by atoms with Gasteiger partial charge in [0.25, 0.3) is 11.8 Å². The maximum atomic E-state index is 11.1. The van der Waals surface area contributed by atoms with E-state index >= 15 is 0 Å². The molecule has 0 aromatic heterocycles. The number of nitrogens with zero attached hydrogens (tertiary/aromatic N) is 3. The Labute approximate surface area is 93.0 Å². The molecule has 7 heteroatoms. The molecule has 0 saturated carbocycles. The van der Waals surface area contributed by atoms with E-state index in [4.69, 9.17) is 4.89 Å². The van der Waals surface area contributed by atoms with E-state index in [1.807, 2.05) is 0 Å². The molecule has 0 saturated heterocycles. The molecule has 0 aromatic rings. The molecule has 88 valence electrons. The molecule has 1 aliphatic rings. The first-order chi connectivity index (χ1) is 7.43. The average Bonchev–Trinajstić information content (AvgIpc) is 2.47. The molecular weight excluding hydrogens is 214 g/mol. The van der Waals surface area contributed by atoms with Crippen LogP contribution in [0.2, 0.25) is 0 Å². The molecule has 0 aromatic carbocycles. The molecule has 0 aliphatic carbocycles. The average molecular weight is 228 g/mol. The molecular formula is C9H14N3O4+. The monoisotopic (exact) mass is 228 g/mol. The Morgan fingerprint density at radius 3 is 2.12 bits per heavy atom. The molecule has 1 rings (SSSR count). The summed E-state index contributed by atoms with van der Waals surface area (Å²) in [6.07, 6.45) is 2.22. The zero-order valence-corrected chi connectivity index (χ0v) is 9.63. The highest BCUT2D eigenvalue weighted by Gasteiger charge is 2.28. The summed E-state index contributed by atoms with van der Waals surface area (Å²) < 4.78 is 1.64. The zero-order valence-electron chi connectivity index (χ0n) is 9.63.